The summed E-state index contributed by atoms with van der Waals surface area (Å²) >= 11 is 0. The quantitative estimate of drug-likeness (QED) is 0.718. The number of aryl methyl sites for hydroxylation is 1. The Labute approximate surface area is 92.6 Å². The molecule has 0 saturated carbocycles. The normalized spacial score (nSPS) is 10.3. The van der Waals surface area contributed by atoms with Gasteiger partial charge in [0, 0.05) is 25.5 Å². The predicted molar refractivity (Wildman–Crippen MR) is 64.2 cm³/mol. The van der Waals surface area contributed by atoms with Crippen molar-refractivity contribution in [3.63, 3.8) is 0 Å². The molecule has 0 N–H and O–H groups in total. The highest BCUT2D eigenvalue weighted by atomic mass is 15.2. The van der Waals surface area contributed by atoms with Gasteiger partial charge in [0.2, 0.25) is 5.95 Å². The number of hydrogen-bond donors (Lipinski definition) is 0. The minimum Gasteiger partial charge on any atom is -0.341 e. The van der Waals surface area contributed by atoms with Crippen molar-refractivity contribution in [2.75, 3.05) is 18.0 Å². The lowest BCUT2D eigenvalue weighted by atomic mass is 10.3. The first-order chi connectivity index (χ1) is 7.31. The second kappa shape index (κ2) is 6.38. The molecule has 3 heteroatoms. The zero-order valence-corrected chi connectivity index (χ0v) is 10.0. The first-order valence-corrected chi connectivity index (χ1v) is 5.87. The largest absolute Gasteiger partial charge is 0.341 e. The van der Waals surface area contributed by atoms with Gasteiger partial charge in [-0.25, -0.2) is 9.97 Å². The van der Waals surface area contributed by atoms with Gasteiger partial charge in [0.05, 0.1) is 0 Å². The third-order valence-corrected chi connectivity index (χ3v) is 2.55. The van der Waals surface area contributed by atoms with Gasteiger partial charge in [-0.1, -0.05) is 20.3 Å². The first kappa shape index (κ1) is 12.0. The van der Waals surface area contributed by atoms with Crippen molar-refractivity contribution in [1.29, 1.82) is 0 Å². The minimum atomic E-state index is 0.864. The van der Waals surface area contributed by atoms with E-state index in [0.717, 1.165) is 25.5 Å². The Kier molecular flexibility index (Phi) is 5.08. The predicted octanol–water partition coefficient (Wildman–Crippen LogP) is 2.67. The molecule has 0 spiro atoms. The Morgan fingerprint density at radius 1 is 1.13 bits per heavy atom. The van der Waals surface area contributed by atoms with E-state index in [4.69, 9.17) is 0 Å². The van der Waals surface area contributed by atoms with Crippen LogP contribution in [-0.4, -0.2) is 23.1 Å². The Balaban J connectivity index is 2.65. The lowest BCUT2D eigenvalue weighted by Crippen LogP contribution is -2.25. The van der Waals surface area contributed by atoms with E-state index in [9.17, 15) is 0 Å². The van der Waals surface area contributed by atoms with Gasteiger partial charge >= 0.3 is 0 Å². The van der Waals surface area contributed by atoms with E-state index in [1.807, 2.05) is 12.4 Å². The monoisotopic (exact) mass is 207 g/mol. The number of unbranched alkanes of at least 4 members (excludes halogenated alkanes) is 1. The lowest BCUT2D eigenvalue weighted by Gasteiger charge is -2.20. The molecule has 0 bridgehead atoms. The molecular weight excluding hydrogens is 186 g/mol. The van der Waals surface area contributed by atoms with Crippen LogP contribution in [0, 0.1) is 0 Å². The first-order valence-electron chi connectivity index (χ1n) is 5.87. The molecular formula is C12H21N3. The van der Waals surface area contributed by atoms with Gasteiger partial charge in [-0.15, -0.1) is 0 Å². The summed E-state index contributed by atoms with van der Waals surface area (Å²) in [6.45, 7) is 8.50. The molecule has 1 aromatic heterocycles. The summed E-state index contributed by atoms with van der Waals surface area (Å²) in [7, 11) is 0. The summed E-state index contributed by atoms with van der Waals surface area (Å²) in [5.74, 6) is 0.864. The van der Waals surface area contributed by atoms with Crippen LogP contribution in [-0.2, 0) is 6.42 Å². The van der Waals surface area contributed by atoms with Gasteiger partial charge in [-0.2, -0.15) is 0 Å². The van der Waals surface area contributed by atoms with E-state index < -0.39 is 0 Å². The topological polar surface area (TPSA) is 29.0 Å². The average Bonchev–Trinajstić information content (AvgIpc) is 2.31. The molecule has 0 saturated heterocycles. The molecule has 0 unspecified atom stereocenters. The molecule has 0 atom stereocenters. The second-order valence-corrected chi connectivity index (χ2v) is 3.68. The molecule has 0 aromatic carbocycles. The average molecular weight is 207 g/mol. The summed E-state index contributed by atoms with van der Waals surface area (Å²) in [5, 5.41) is 0. The molecule has 84 valence electrons. The van der Waals surface area contributed by atoms with Gasteiger partial charge in [-0.3, -0.25) is 0 Å². The van der Waals surface area contributed by atoms with Crippen LogP contribution in [0.5, 0.6) is 0 Å². The summed E-state index contributed by atoms with van der Waals surface area (Å²) in [5.41, 5.74) is 1.20. The van der Waals surface area contributed by atoms with Gasteiger partial charge in [0.15, 0.2) is 0 Å². The Morgan fingerprint density at radius 3 is 2.27 bits per heavy atom. The third-order valence-electron chi connectivity index (χ3n) is 2.55. The molecule has 0 aliphatic rings. The molecule has 0 amide bonds. The zero-order chi connectivity index (χ0) is 11.1. The maximum absolute atomic E-state index is 4.39. The van der Waals surface area contributed by atoms with Crippen LogP contribution in [0.3, 0.4) is 0 Å². The van der Waals surface area contributed by atoms with Gasteiger partial charge < -0.3 is 4.90 Å². The van der Waals surface area contributed by atoms with E-state index in [2.05, 4.69) is 35.6 Å². The maximum Gasteiger partial charge on any atom is 0.225 e. The van der Waals surface area contributed by atoms with Crippen molar-refractivity contribution >= 4 is 5.95 Å². The summed E-state index contributed by atoms with van der Waals surface area (Å²) in [6, 6.07) is 0. The molecule has 1 aromatic rings. The number of rotatable bonds is 6. The van der Waals surface area contributed by atoms with Crippen LogP contribution < -0.4 is 4.90 Å². The highest BCUT2D eigenvalue weighted by molar-refractivity contribution is 5.29. The molecule has 3 nitrogen and oxygen atoms in total. The number of hydrogen-bond acceptors (Lipinski definition) is 3. The van der Waals surface area contributed by atoms with Crippen molar-refractivity contribution in [2.45, 2.75) is 40.0 Å². The van der Waals surface area contributed by atoms with Crippen molar-refractivity contribution in [3.05, 3.63) is 18.0 Å². The van der Waals surface area contributed by atoms with E-state index in [-0.39, 0.29) is 0 Å². The molecule has 0 fully saturated rings. The Bertz CT molecular complexity index is 269. The molecule has 1 rings (SSSR count). The van der Waals surface area contributed by atoms with E-state index in [1.54, 1.807) is 0 Å². The zero-order valence-electron chi connectivity index (χ0n) is 10.0. The van der Waals surface area contributed by atoms with Crippen LogP contribution in [0.2, 0.25) is 0 Å². The van der Waals surface area contributed by atoms with E-state index >= 15 is 0 Å². The van der Waals surface area contributed by atoms with E-state index in [1.165, 1.54) is 18.4 Å². The number of nitrogens with zero attached hydrogens (tertiary/aromatic N) is 3. The van der Waals surface area contributed by atoms with Crippen molar-refractivity contribution < 1.29 is 0 Å². The van der Waals surface area contributed by atoms with Gasteiger partial charge in [0.25, 0.3) is 0 Å². The van der Waals surface area contributed by atoms with Gasteiger partial charge in [0.1, 0.15) is 0 Å². The SMILES string of the molecule is CCCCN(CC)c1ncc(CC)cn1. The highest BCUT2D eigenvalue weighted by Crippen LogP contribution is 2.08. The fourth-order valence-corrected chi connectivity index (χ4v) is 1.44. The van der Waals surface area contributed by atoms with Crippen molar-refractivity contribution in [3.8, 4) is 0 Å². The standard InChI is InChI=1S/C12H21N3/c1-4-7-8-15(6-3)12-13-9-11(5-2)10-14-12/h9-10H,4-8H2,1-3H3. The molecule has 15 heavy (non-hydrogen) atoms. The van der Waals surface area contributed by atoms with Crippen LogP contribution in [0.25, 0.3) is 0 Å². The maximum atomic E-state index is 4.39. The molecule has 0 aliphatic heterocycles. The second-order valence-electron chi connectivity index (χ2n) is 3.68. The van der Waals surface area contributed by atoms with Crippen molar-refractivity contribution in [2.24, 2.45) is 0 Å². The number of aromatic nitrogens is 2. The number of anilines is 1. The highest BCUT2D eigenvalue weighted by Gasteiger charge is 2.05. The van der Waals surface area contributed by atoms with Crippen LogP contribution >= 0.6 is 0 Å². The molecule has 1 heterocycles. The smallest absolute Gasteiger partial charge is 0.225 e. The van der Waals surface area contributed by atoms with Gasteiger partial charge in [-0.05, 0) is 25.3 Å². The summed E-state index contributed by atoms with van der Waals surface area (Å²) in [4.78, 5) is 11.0. The van der Waals surface area contributed by atoms with Crippen molar-refractivity contribution in [1.82, 2.24) is 9.97 Å². The van der Waals surface area contributed by atoms with Crippen LogP contribution in [0.15, 0.2) is 12.4 Å². The minimum absolute atomic E-state index is 0.864. The van der Waals surface area contributed by atoms with Crippen LogP contribution in [0.1, 0.15) is 39.2 Å². The summed E-state index contributed by atoms with van der Waals surface area (Å²) in [6.07, 6.45) is 7.27. The van der Waals surface area contributed by atoms with E-state index in [0.29, 0.717) is 0 Å². The Hall–Kier alpha value is -1.12. The molecule has 0 radical (unpaired) electrons. The molecule has 0 aliphatic carbocycles. The fourth-order valence-electron chi connectivity index (χ4n) is 1.44. The van der Waals surface area contributed by atoms with Crippen LogP contribution in [0.4, 0.5) is 5.95 Å². The fraction of sp³-hybridized carbons (Fsp3) is 0.667. The lowest BCUT2D eigenvalue weighted by molar-refractivity contribution is 0.712. The summed E-state index contributed by atoms with van der Waals surface area (Å²) < 4.78 is 0. The Morgan fingerprint density at radius 2 is 1.80 bits per heavy atom. The third kappa shape index (κ3) is 3.50.